The Morgan fingerprint density at radius 1 is 1.04 bits per heavy atom. The minimum absolute atomic E-state index is 0.238. The first-order chi connectivity index (χ1) is 13.0. The van der Waals surface area contributed by atoms with Crippen molar-refractivity contribution in [2.45, 2.75) is 13.3 Å². The van der Waals surface area contributed by atoms with E-state index in [9.17, 15) is 13.6 Å². The highest BCUT2D eigenvalue weighted by Gasteiger charge is 2.12. The number of nitrogens with zero attached hydrogens (tertiary/aromatic N) is 2. The third-order valence-electron chi connectivity index (χ3n) is 4.23. The van der Waals surface area contributed by atoms with Crippen LogP contribution in [0.4, 0.5) is 8.78 Å². The first-order valence-corrected chi connectivity index (χ1v) is 9.21. The molecule has 1 amide bonds. The second-order valence-electron chi connectivity index (χ2n) is 6.18. The average Bonchev–Trinajstić information content (AvgIpc) is 3.02. The molecular weight excluding hydrogens is 368 g/mol. The summed E-state index contributed by atoms with van der Waals surface area (Å²) >= 11 is 1.48. The molecule has 1 N–H and O–H groups in total. The molecular formula is C20H15F2N3OS. The van der Waals surface area contributed by atoms with Crippen molar-refractivity contribution in [3.63, 3.8) is 0 Å². The van der Waals surface area contributed by atoms with E-state index in [0.29, 0.717) is 40.6 Å². The van der Waals surface area contributed by atoms with Gasteiger partial charge in [0.2, 0.25) is 0 Å². The number of pyridine rings is 1. The van der Waals surface area contributed by atoms with Crippen LogP contribution in [0.25, 0.3) is 21.1 Å². The molecule has 0 atom stereocenters. The molecule has 0 spiro atoms. The number of benzene rings is 2. The van der Waals surface area contributed by atoms with Gasteiger partial charge in [-0.15, -0.1) is 11.3 Å². The number of rotatable bonds is 4. The molecule has 7 heteroatoms. The minimum atomic E-state index is -0.359. The molecule has 2 aromatic heterocycles. The van der Waals surface area contributed by atoms with Crippen LogP contribution in [-0.2, 0) is 6.42 Å². The summed E-state index contributed by atoms with van der Waals surface area (Å²) in [5.41, 5.74) is 2.15. The molecule has 0 radical (unpaired) electrons. The Balaban J connectivity index is 1.46. The molecule has 0 saturated carbocycles. The van der Waals surface area contributed by atoms with Crippen LogP contribution in [0.1, 0.15) is 21.1 Å². The fourth-order valence-electron chi connectivity index (χ4n) is 2.90. The summed E-state index contributed by atoms with van der Waals surface area (Å²) < 4.78 is 27.5. The SMILES string of the molecule is Cc1nc2cc(F)ccc2cc1C(=O)NCCc1nc2cc(F)ccc2s1. The summed E-state index contributed by atoms with van der Waals surface area (Å²) in [5, 5.41) is 4.40. The van der Waals surface area contributed by atoms with Gasteiger partial charge in [0.1, 0.15) is 11.6 Å². The van der Waals surface area contributed by atoms with Gasteiger partial charge in [-0.3, -0.25) is 9.78 Å². The van der Waals surface area contributed by atoms with Crippen molar-refractivity contribution < 1.29 is 13.6 Å². The van der Waals surface area contributed by atoms with Crippen molar-refractivity contribution in [2.75, 3.05) is 6.54 Å². The van der Waals surface area contributed by atoms with Crippen LogP contribution in [0, 0.1) is 18.6 Å². The predicted molar refractivity (Wildman–Crippen MR) is 102 cm³/mol. The summed E-state index contributed by atoms with van der Waals surface area (Å²) in [4.78, 5) is 21.2. The van der Waals surface area contributed by atoms with Gasteiger partial charge in [-0.2, -0.15) is 0 Å². The zero-order chi connectivity index (χ0) is 19.0. The second-order valence-corrected chi connectivity index (χ2v) is 7.30. The molecule has 4 rings (SSSR count). The molecule has 0 aliphatic carbocycles. The smallest absolute Gasteiger partial charge is 0.253 e. The highest BCUT2D eigenvalue weighted by atomic mass is 32.1. The number of carbonyl (C=O) groups is 1. The number of aryl methyl sites for hydroxylation is 1. The number of fused-ring (bicyclic) bond motifs is 2. The van der Waals surface area contributed by atoms with Gasteiger partial charge < -0.3 is 5.32 Å². The van der Waals surface area contributed by atoms with Crippen molar-refractivity contribution in [1.29, 1.82) is 0 Å². The predicted octanol–water partition coefficient (Wildman–Crippen LogP) is 4.40. The highest BCUT2D eigenvalue weighted by molar-refractivity contribution is 7.18. The molecule has 0 fully saturated rings. The van der Waals surface area contributed by atoms with E-state index in [1.165, 1.54) is 35.6 Å². The van der Waals surface area contributed by atoms with Crippen LogP contribution in [0.2, 0.25) is 0 Å². The molecule has 0 aliphatic rings. The molecule has 0 bridgehead atoms. The fourth-order valence-corrected chi connectivity index (χ4v) is 3.85. The molecule has 2 heterocycles. The monoisotopic (exact) mass is 383 g/mol. The quantitative estimate of drug-likeness (QED) is 0.568. The van der Waals surface area contributed by atoms with Crippen molar-refractivity contribution >= 4 is 38.4 Å². The first kappa shape index (κ1) is 17.5. The normalized spacial score (nSPS) is 11.2. The first-order valence-electron chi connectivity index (χ1n) is 8.40. The van der Waals surface area contributed by atoms with Crippen molar-refractivity contribution in [3.8, 4) is 0 Å². The van der Waals surface area contributed by atoms with E-state index in [4.69, 9.17) is 0 Å². The van der Waals surface area contributed by atoms with Crippen LogP contribution < -0.4 is 5.32 Å². The van der Waals surface area contributed by atoms with Crippen LogP contribution in [0.5, 0.6) is 0 Å². The Kier molecular flexibility index (Phi) is 4.53. The van der Waals surface area contributed by atoms with E-state index in [1.54, 1.807) is 25.1 Å². The molecule has 27 heavy (non-hydrogen) atoms. The lowest BCUT2D eigenvalue weighted by Crippen LogP contribution is -2.26. The van der Waals surface area contributed by atoms with Gasteiger partial charge in [0.15, 0.2) is 0 Å². The van der Waals surface area contributed by atoms with E-state index in [1.807, 2.05) is 0 Å². The molecule has 0 unspecified atom stereocenters. The lowest BCUT2D eigenvalue weighted by atomic mass is 10.1. The lowest BCUT2D eigenvalue weighted by Gasteiger charge is -2.08. The van der Waals surface area contributed by atoms with Crippen LogP contribution in [0.3, 0.4) is 0 Å². The van der Waals surface area contributed by atoms with Gasteiger partial charge in [-0.25, -0.2) is 13.8 Å². The molecule has 0 saturated heterocycles. The van der Waals surface area contributed by atoms with Crippen LogP contribution in [-0.4, -0.2) is 22.4 Å². The summed E-state index contributed by atoms with van der Waals surface area (Å²) in [6.07, 6.45) is 0.554. The van der Waals surface area contributed by atoms with Crippen LogP contribution in [0.15, 0.2) is 42.5 Å². The third-order valence-corrected chi connectivity index (χ3v) is 5.33. The van der Waals surface area contributed by atoms with Crippen molar-refractivity contribution in [2.24, 2.45) is 0 Å². The number of thiazole rings is 1. The van der Waals surface area contributed by atoms with E-state index < -0.39 is 0 Å². The molecule has 4 nitrogen and oxygen atoms in total. The number of carbonyl (C=O) groups excluding carboxylic acids is 1. The number of aromatic nitrogens is 2. The summed E-state index contributed by atoms with van der Waals surface area (Å²) in [6, 6.07) is 10.5. The molecule has 4 aromatic rings. The largest absolute Gasteiger partial charge is 0.352 e. The van der Waals surface area contributed by atoms with Crippen molar-refractivity contribution in [1.82, 2.24) is 15.3 Å². The van der Waals surface area contributed by atoms with E-state index in [-0.39, 0.29) is 17.5 Å². The number of hydrogen-bond donors (Lipinski definition) is 1. The summed E-state index contributed by atoms with van der Waals surface area (Å²) in [5.74, 6) is -0.910. The molecule has 136 valence electrons. The Labute approximate surface area is 157 Å². The summed E-state index contributed by atoms with van der Waals surface area (Å²) in [7, 11) is 0. The van der Waals surface area contributed by atoms with Crippen LogP contribution >= 0.6 is 11.3 Å². The Bertz CT molecular complexity index is 1170. The van der Waals surface area contributed by atoms with Gasteiger partial charge >= 0.3 is 0 Å². The maximum absolute atomic E-state index is 13.3. The van der Waals surface area contributed by atoms with Gasteiger partial charge in [0.25, 0.3) is 5.91 Å². The van der Waals surface area contributed by atoms with E-state index in [2.05, 4.69) is 15.3 Å². The number of amides is 1. The topological polar surface area (TPSA) is 54.9 Å². The van der Waals surface area contributed by atoms with Gasteiger partial charge in [0, 0.05) is 30.5 Å². The highest BCUT2D eigenvalue weighted by Crippen LogP contribution is 2.23. The van der Waals surface area contributed by atoms with E-state index >= 15 is 0 Å². The number of nitrogens with one attached hydrogen (secondary N) is 1. The Morgan fingerprint density at radius 2 is 1.78 bits per heavy atom. The van der Waals surface area contributed by atoms with E-state index in [0.717, 1.165) is 9.71 Å². The standard InChI is InChI=1S/C20H15F2N3OS/c1-11-15(8-12-2-3-13(21)9-16(12)24-11)20(26)23-7-6-19-25-17-10-14(22)4-5-18(17)27-19/h2-5,8-10H,6-7H2,1H3,(H,23,26). The van der Waals surface area contributed by atoms with Gasteiger partial charge in [0.05, 0.1) is 32.0 Å². The number of hydrogen-bond acceptors (Lipinski definition) is 4. The Morgan fingerprint density at radius 3 is 2.59 bits per heavy atom. The molecule has 2 aromatic carbocycles. The maximum Gasteiger partial charge on any atom is 0.253 e. The summed E-state index contributed by atoms with van der Waals surface area (Å²) in [6.45, 7) is 2.13. The Hall–Kier alpha value is -2.93. The average molecular weight is 383 g/mol. The second kappa shape index (κ2) is 7.00. The number of halogens is 2. The minimum Gasteiger partial charge on any atom is -0.352 e. The van der Waals surface area contributed by atoms with Gasteiger partial charge in [-0.1, -0.05) is 0 Å². The zero-order valence-electron chi connectivity index (χ0n) is 14.4. The maximum atomic E-state index is 13.3. The fraction of sp³-hybridized carbons (Fsp3) is 0.150. The van der Waals surface area contributed by atoms with Gasteiger partial charge in [-0.05, 0) is 37.3 Å². The third kappa shape index (κ3) is 3.64. The zero-order valence-corrected chi connectivity index (χ0v) is 15.2. The van der Waals surface area contributed by atoms with Crippen molar-refractivity contribution in [3.05, 3.63) is 70.4 Å². The molecule has 0 aliphatic heterocycles. The lowest BCUT2D eigenvalue weighted by molar-refractivity contribution is 0.0953.